The van der Waals surface area contributed by atoms with Gasteiger partial charge in [-0.25, -0.2) is 18.4 Å². The molecule has 6 aromatic rings. The third-order valence-corrected chi connectivity index (χ3v) is 13.7. The van der Waals surface area contributed by atoms with Crippen LogP contribution >= 0.6 is 23.2 Å². The van der Waals surface area contributed by atoms with Crippen LogP contribution in [0.15, 0.2) is 72.8 Å². The van der Waals surface area contributed by atoms with E-state index >= 15 is 4.39 Å². The third-order valence-electron chi connectivity index (χ3n) is 13.1. The number of fused-ring (bicyclic) bond motifs is 2. The first-order valence-corrected chi connectivity index (χ1v) is 23.1. The van der Waals surface area contributed by atoms with Crippen molar-refractivity contribution in [3.8, 4) is 22.5 Å². The van der Waals surface area contributed by atoms with Crippen LogP contribution in [0.2, 0.25) is 10.0 Å². The zero-order chi connectivity index (χ0) is 49.0. The summed E-state index contributed by atoms with van der Waals surface area (Å²) in [5.74, 6) is -3.85. The van der Waals surface area contributed by atoms with Gasteiger partial charge in [-0.3, -0.25) is 19.2 Å². The number of ether oxygens (including phenoxy) is 1. The van der Waals surface area contributed by atoms with E-state index < -0.39 is 35.4 Å². The largest absolute Gasteiger partial charge is 1.00 e. The molecule has 0 radical (unpaired) electrons. The smallest absolute Gasteiger partial charge is 0.870 e. The number of methoxy groups -OCH3 is 1. The van der Waals surface area contributed by atoms with Gasteiger partial charge in [0, 0.05) is 49.2 Å². The second-order valence-electron chi connectivity index (χ2n) is 17.5. The monoisotopic (exact) mass is 1000 g/mol. The summed E-state index contributed by atoms with van der Waals surface area (Å²) in [6.07, 6.45) is 4.71. The van der Waals surface area contributed by atoms with Gasteiger partial charge in [-0.1, -0.05) is 47.5 Å². The first-order chi connectivity index (χ1) is 33.1. The maximum Gasteiger partial charge on any atom is 1.00 e. The van der Waals surface area contributed by atoms with Crippen LogP contribution in [0.1, 0.15) is 126 Å². The van der Waals surface area contributed by atoms with Gasteiger partial charge in [-0.15, -0.1) is 0 Å². The first kappa shape index (κ1) is 52.3. The number of carboxylic acids is 1. The zero-order valence-corrected chi connectivity index (χ0v) is 40.6. The molecule has 0 bridgehead atoms. The molecule has 2 aliphatic carbocycles. The van der Waals surface area contributed by atoms with Crippen molar-refractivity contribution >= 4 is 58.8 Å². The van der Waals surface area contributed by atoms with Crippen molar-refractivity contribution in [3.05, 3.63) is 150 Å². The Morgan fingerprint density at radius 2 is 1.06 bits per heavy atom. The number of carbonyl (C=O) groups excluding carboxylic acids is 5. The average molecular weight is 1000 g/mol. The van der Waals surface area contributed by atoms with E-state index in [4.69, 9.17) is 28.3 Å². The molecule has 362 valence electrons. The van der Waals surface area contributed by atoms with Crippen molar-refractivity contribution in [1.29, 1.82) is 0 Å². The van der Waals surface area contributed by atoms with Gasteiger partial charge in [0.2, 0.25) is 11.8 Å². The minimum Gasteiger partial charge on any atom is -0.870 e. The van der Waals surface area contributed by atoms with Crippen LogP contribution in [-0.2, 0) is 40.3 Å². The molecule has 2 aliphatic heterocycles. The second-order valence-corrected chi connectivity index (χ2v) is 18.3. The number of nitrogens with zero attached hydrogens (tertiary/aromatic N) is 6. The molecule has 10 rings (SSSR count). The average Bonchev–Trinajstić information content (AvgIpc) is 4.28. The Morgan fingerprint density at radius 3 is 1.42 bits per heavy atom. The fourth-order valence-electron chi connectivity index (χ4n) is 9.15. The quantitative estimate of drug-likeness (QED) is 0.140. The van der Waals surface area contributed by atoms with Crippen LogP contribution in [0.25, 0.3) is 22.5 Å². The summed E-state index contributed by atoms with van der Waals surface area (Å²) >= 11 is 13.0. The molecule has 4 aromatic carbocycles. The summed E-state index contributed by atoms with van der Waals surface area (Å²) in [5, 5.41) is 18.9. The van der Waals surface area contributed by atoms with Gasteiger partial charge in [0.05, 0.1) is 75.3 Å². The number of aromatic carboxylic acids is 1. The van der Waals surface area contributed by atoms with Crippen molar-refractivity contribution in [2.24, 2.45) is 0 Å². The summed E-state index contributed by atoms with van der Waals surface area (Å²) in [7, 11) is 1.23. The molecule has 2 saturated carbocycles. The van der Waals surface area contributed by atoms with Crippen molar-refractivity contribution in [1.82, 2.24) is 29.4 Å². The number of carboxylic acid groups (broad SMARTS) is 1. The van der Waals surface area contributed by atoms with Gasteiger partial charge < -0.3 is 25.1 Å². The first-order valence-electron chi connectivity index (χ1n) is 22.4. The Hall–Kier alpha value is -6.48. The molecule has 2 aromatic heterocycles. The topological polar surface area (TPSA) is 204 Å². The van der Waals surface area contributed by atoms with Crippen LogP contribution in [0.4, 0.5) is 8.78 Å². The molecule has 0 atom stereocenters. The molecule has 0 unspecified atom stereocenters. The van der Waals surface area contributed by atoms with Crippen LogP contribution < -0.4 is 18.9 Å². The second kappa shape index (κ2) is 21.1. The van der Waals surface area contributed by atoms with E-state index in [0.717, 1.165) is 48.9 Å². The molecule has 2 N–H and O–H groups in total. The van der Waals surface area contributed by atoms with Crippen LogP contribution in [0.3, 0.4) is 0 Å². The number of hydrogen-bond acceptors (Lipinski definition) is 10. The Labute approximate surface area is 428 Å². The Kier molecular flexibility index (Phi) is 15.5. The Balaban J connectivity index is 0.000000203. The van der Waals surface area contributed by atoms with Crippen LogP contribution in [-0.4, -0.2) is 95.7 Å². The number of hydrogen-bond donors (Lipinski definition) is 1. The molecule has 0 spiro atoms. The molecule has 4 aliphatic rings. The molecule has 20 heteroatoms. The van der Waals surface area contributed by atoms with Gasteiger partial charge in [-0.2, -0.15) is 19.6 Å². The number of carbonyl (C=O) groups is 6. The molecule has 2 fully saturated rings. The number of rotatable bonds is 8. The zero-order valence-electron chi connectivity index (χ0n) is 39.1. The predicted octanol–water partition coefficient (Wildman–Crippen LogP) is 5.94. The molecule has 4 heterocycles. The van der Waals surface area contributed by atoms with Crippen molar-refractivity contribution < 1.29 is 71.7 Å². The van der Waals surface area contributed by atoms with E-state index in [-0.39, 0.29) is 89.0 Å². The summed E-state index contributed by atoms with van der Waals surface area (Å²) in [5.41, 5.74) is 5.61. The van der Waals surface area contributed by atoms with E-state index in [2.05, 4.69) is 14.9 Å². The van der Waals surface area contributed by atoms with E-state index in [1.165, 1.54) is 54.6 Å². The minimum atomic E-state index is -1.24. The van der Waals surface area contributed by atoms with Gasteiger partial charge >= 0.3 is 30.8 Å². The number of benzene rings is 4. The fraction of sp³-hybridized carbons (Fsp3) is 0.294. The van der Waals surface area contributed by atoms with E-state index in [0.29, 0.717) is 75.3 Å². The molecule has 0 saturated heterocycles. The molecular formula is C51H45Cl2F2LiN6O9. The number of esters is 1. The summed E-state index contributed by atoms with van der Waals surface area (Å²) in [6, 6.07) is 18.4. The normalized spacial score (nSPS) is 14.7. The van der Waals surface area contributed by atoms with Gasteiger partial charge in [0.1, 0.15) is 11.6 Å². The predicted molar refractivity (Wildman–Crippen MR) is 251 cm³/mol. The van der Waals surface area contributed by atoms with E-state index in [9.17, 15) is 33.2 Å². The molecule has 2 amide bonds. The third kappa shape index (κ3) is 10.2. The molecule has 71 heavy (non-hydrogen) atoms. The standard InChI is InChI=1S/C26H23ClFN3O4.C25H21ClFN3O4.Li.H2O/c1-14(32)30-11-10-19-22(13-30)31(25(33)23-17(15-6-7-15)4-3-5-20(23)27)29-24(19)18-9-8-16(12-21(18)28)26(34)35-2;1-13(31)29-10-9-18-21(12-29)30(24(32)22-16(14-5-6-14)3-2-4-19(22)26)28-23(18)17-8-7-15(25(33)34)11-20(17)27;;/h3-5,8-9,12,15H,6-7,10-11,13H2,1-2H3;2-4,7-8,11,14H,5-6,9-10,12H2,1H3,(H,33,34);;1H2/q;;+1;/p-1. The molecule has 15 nitrogen and oxygen atoms in total. The summed E-state index contributed by atoms with van der Waals surface area (Å²) < 4.78 is 37.3. The van der Waals surface area contributed by atoms with Crippen molar-refractivity contribution in [3.63, 3.8) is 0 Å². The van der Waals surface area contributed by atoms with Crippen molar-refractivity contribution in [2.45, 2.75) is 77.3 Å². The van der Waals surface area contributed by atoms with Gasteiger partial charge in [0.25, 0.3) is 11.8 Å². The fourth-order valence-corrected chi connectivity index (χ4v) is 9.67. The van der Waals surface area contributed by atoms with Crippen LogP contribution in [0.5, 0.6) is 0 Å². The number of halogens is 4. The maximum absolute atomic E-state index is 15.2. The van der Waals surface area contributed by atoms with Crippen molar-refractivity contribution in [2.75, 3.05) is 20.2 Å². The van der Waals surface area contributed by atoms with Gasteiger partial charge in [0.15, 0.2) is 0 Å². The van der Waals surface area contributed by atoms with Crippen LogP contribution in [0, 0.1) is 11.6 Å². The number of amides is 2. The number of aromatic nitrogens is 4. The molecular weight excluding hydrogens is 956 g/mol. The minimum absolute atomic E-state index is 0. The maximum atomic E-state index is 15.2. The SMILES string of the molecule is CC(=O)N1CCc2c(-c3ccc(C(=O)O)cc3F)nn(C(=O)c3c(Cl)cccc3C3CC3)c2C1.COC(=O)c1ccc(-c2nn(C(=O)c3c(Cl)cccc3C3CC3)c3c2CCN(C(C)=O)C3)c(F)c1.[Li+].[OH-]. The van der Waals surface area contributed by atoms with E-state index in [1.54, 1.807) is 21.9 Å². The van der Waals surface area contributed by atoms with Gasteiger partial charge in [-0.05, 0) is 110 Å². The van der Waals surface area contributed by atoms with E-state index in [1.807, 2.05) is 24.3 Å². The summed E-state index contributed by atoms with van der Waals surface area (Å²) in [4.78, 5) is 78.1. The Morgan fingerprint density at radius 1 is 0.648 bits per heavy atom. The summed E-state index contributed by atoms with van der Waals surface area (Å²) in [6.45, 7) is 4.09. The Bertz CT molecular complexity index is 3170.